The standard InChI is InChI=1S/C13H14N4O/c1-8-3-4-10-9(7-8)12(13(18)14-10)15-11-5-6-17(2)16-11/h3-7,12H,1-2H3,(H,14,18)(H,15,16). The smallest absolute Gasteiger partial charge is 0.251 e. The molecular formula is C13H14N4O. The van der Waals surface area contributed by atoms with Crippen LogP contribution in [0.5, 0.6) is 0 Å². The van der Waals surface area contributed by atoms with Gasteiger partial charge in [-0.05, 0) is 13.0 Å². The number of aryl methyl sites for hydroxylation is 2. The van der Waals surface area contributed by atoms with Gasteiger partial charge in [0.25, 0.3) is 5.91 Å². The number of amides is 1. The minimum Gasteiger partial charge on any atom is -0.353 e. The predicted molar refractivity (Wildman–Crippen MR) is 69.4 cm³/mol. The van der Waals surface area contributed by atoms with E-state index >= 15 is 0 Å². The quantitative estimate of drug-likeness (QED) is 0.844. The Balaban J connectivity index is 1.93. The molecule has 0 aliphatic carbocycles. The number of nitrogens with one attached hydrogen (secondary N) is 2. The molecule has 3 rings (SSSR count). The summed E-state index contributed by atoms with van der Waals surface area (Å²) in [6.45, 7) is 2.01. The maximum absolute atomic E-state index is 11.9. The number of anilines is 2. The van der Waals surface area contributed by atoms with Crippen molar-refractivity contribution in [3.8, 4) is 0 Å². The van der Waals surface area contributed by atoms with Crippen LogP contribution in [0.15, 0.2) is 30.5 Å². The molecule has 1 aliphatic rings. The molecular weight excluding hydrogens is 228 g/mol. The third-order valence-corrected chi connectivity index (χ3v) is 3.04. The normalized spacial score (nSPS) is 17.4. The lowest BCUT2D eigenvalue weighted by Gasteiger charge is -2.10. The van der Waals surface area contributed by atoms with E-state index in [0.29, 0.717) is 5.82 Å². The number of rotatable bonds is 2. The average molecular weight is 242 g/mol. The lowest BCUT2D eigenvalue weighted by atomic mass is 10.1. The SMILES string of the molecule is Cc1ccc2c(c1)C(Nc1ccn(C)n1)C(=O)N2. The summed E-state index contributed by atoms with van der Waals surface area (Å²) < 4.78 is 1.70. The van der Waals surface area contributed by atoms with Gasteiger partial charge in [-0.25, -0.2) is 0 Å². The molecule has 5 heteroatoms. The number of aromatic nitrogens is 2. The Hall–Kier alpha value is -2.30. The zero-order valence-corrected chi connectivity index (χ0v) is 10.3. The average Bonchev–Trinajstić information content (AvgIpc) is 2.86. The first-order chi connectivity index (χ1) is 8.63. The summed E-state index contributed by atoms with van der Waals surface area (Å²) in [6.07, 6.45) is 1.84. The molecule has 2 aromatic rings. The molecule has 18 heavy (non-hydrogen) atoms. The Kier molecular flexibility index (Phi) is 2.33. The van der Waals surface area contributed by atoms with Gasteiger partial charge in [0, 0.05) is 30.6 Å². The van der Waals surface area contributed by atoms with E-state index in [0.717, 1.165) is 16.8 Å². The van der Waals surface area contributed by atoms with Crippen molar-refractivity contribution in [1.29, 1.82) is 0 Å². The number of nitrogens with zero attached hydrogens (tertiary/aromatic N) is 2. The molecule has 92 valence electrons. The van der Waals surface area contributed by atoms with Gasteiger partial charge < -0.3 is 10.6 Å². The Morgan fingerprint density at radius 2 is 2.22 bits per heavy atom. The Morgan fingerprint density at radius 3 is 2.94 bits per heavy atom. The van der Waals surface area contributed by atoms with Crippen molar-refractivity contribution in [2.75, 3.05) is 10.6 Å². The highest BCUT2D eigenvalue weighted by Gasteiger charge is 2.30. The lowest BCUT2D eigenvalue weighted by molar-refractivity contribution is -0.116. The van der Waals surface area contributed by atoms with Crippen LogP contribution in [0.25, 0.3) is 0 Å². The first-order valence-corrected chi connectivity index (χ1v) is 5.81. The Morgan fingerprint density at radius 1 is 1.39 bits per heavy atom. The van der Waals surface area contributed by atoms with E-state index in [2.05, 4.69) is 15.7 Å². The third kappa shape index (κ3) is 1.73. The Labute approximate surface area is 105 Å². The van der Waals surface area contributed by atoms with Crippen LogP contribution >= 0.6 is 0 Å². The summed E-state index contributed by atoms with van der Waals surface area (Å²) in [7, 11) is 1.85. The van der Waals surface area contributed by atoms with Crippen LogP contribution in [0.2, 0.25) is 0 Å². The van der Waals surface area contributed by atoms with Gasteiger partial charge in [0.1, 0.15) is 11.9 Å². The van der Waals surface area contributed by atoms with Crippen molar-refractivity contribution < 1.29 is 4.79 Å². The zero-order valence-electron chi connectivity index (χ0n) is 10.3. The summed E-state index contributed by atoms with van der Waals surface area (Å²) in [4.78, 5) is 11.9. The zero-order chi connectivity index (χ0) is 12.7. The number of carbonyl (C=O) groups excluding carboxylic acids is 1. The maximum Gasteiger partial charge on any atom is 0.251 e. The fourth-order valence-corrected chi connectivity index (χ4v) is 2.16. The highest BCUT2D eigenvalue weighted by Crippen LogP contribution is 2.33. The third-order valence-electron chi connectivity index (χ3n) is 3.04. The fraction of sp³-hybridized carbons (Fsp3) is 0.231. The van der Waals surface area contributed by atoms with E-state index in [4.69, 9.17) is 0 Å². The molecule has 0 spiro atoms. The van der Waals surface area contributed by atoms with E-state index in [-0.39, 0.29) is 11.9 Å². The second-order valence-electron chi connectivity index (χ2n) is 4.53. The molecule has 1 amide bonds. The number of fused-ring (bicyclic) bond motifs is 1. The maximum atomic E-state index is 11.9. The molecule has 0 fully saturated rings. The van der Waals surface area contributed by atoms with Crippen molar-refractivity contribution in [3.05, 3.63) is 41.6 Å². The minimum atomic E-state index is -0.366. The molecule has 1 aromatic heterocycles. The highest BCUT2D eigenvalue weighted by molar-refractivity contribution is 6.04. The van der Waals surface area contributed by atoms with Crippen molar-refractivity contribution in [1.82, 2.24) is 9.78 Å². The molecule has 1 aliphatic heterocycles. The summed E-state index contributed by atoms with van der Waals surface area (Å²) in [5.74, 6) is 0.660. The van der Waals surface area contributed by atoms with E-state index in [1.165, 1.54) is 0 Å². The largest absolute Gasteiger partial charge is 0.353 e. The molecule has 0 bridgehead atoms. The topological polar surface area (TPSA) is 59.0 Å². The molecule has 2 heterocycles. The van der Waals surface area contributed by atoms with Crippen LogP contribution in [-0.2, 0) is 11.8 Å². The van der Waals surface area contributed by atoms with Crippen LogP contribution in [0.4, 0.5) is 11.5 Å². The molecule has 0 radical (unpaired) electrons. The first kappa shape index (κ1) is 10.8. The number of hydrogen-bond donors (Lipinski definition) is 2. The van der Waals surface area contributed by atoms with Gasteiger partial charge in [-0.15, -0.1) is 0 Å². The lowest BCUT2D eigenvalue weighted by Crippen LogP contribution is -2.20. The van der Waals surface area contributed by atoms with Crippen molar-refractivity contribution in [2.24, 2.45) is 7.05 Å². The Bertz CT molecular complexity index is 617. The van der Waals surface area contributed by atoms with Gasteiger partial charge >= 0.3 is 0 Å². The van der Waals surface area contributed by atoms with Gasteiger partial charge in [0.05, 0.1) is 0 Å². The first-order valence-electron chi connectivity index (χ1n) is 5.81. The van der Waals surface area contributed by atoms with Gasteiger partial charge in [0.2, 0.25) is 0 Å². The van der Waals surface area contributed by atoms with Gasteiger partial charge in [-0.3, -0.25) is 9.48 Å². The van der Waals surface area contributed by atoms with Crippen LogP contribution in [-0.4, -0.2) is 15.7 Å². The van der Waals surface area contributed by atoms with Crippen molar-refractivity contribution in [2.45, 2.75) is 13.0 Å². The van der Waals surface area contributed by atoms with Crippen LogP contribution in [0, 0.1) is 6.92 Å². The van der Waals surface area contributed by atoms with Crippen molar-refractivity contribution in [3.63, 3.8) is 0 Å². The van der Waals surface area contributed by atoms with Crippen LogP contribution in [0.1, 0.15) is 17.2 Å². The monoisotopic (exact) mass is 242 g/mol. The van der Waals surface area contributed by atoms with Crippen molar-refractivity contribution >= 4 is 17.4 Å². The molecule has 0 saturated heterocycles. The van der Waals surface area contributed by atoms with E-state index in [9.17, 15) is 4.79 Å². The second kappa shape index (κ2) is 3.87. The highest BCUT2D eigenvalue weighted by atomic mass is 16.2. The van der Waals surface area contributed by atoms with Gasteiger partial charge in [-0.1, -0.05) is 17.7 Å². The molecule has 0 saturated carbocycles. The molecule has 2 N–H and O–H groups in total. The summed E-state index contributed by atoms with van der Waals surface area (Å²) in [5.41, 5.74) is 2.99. The van der Waals surface area contributed by atoms with Crippen LogP contribution in [0.3, 0.4) is 0 Å². The van der Waals surface area contributed by atoms with E-state index in [1.807, 2.05) is 44.4 Å². The fourth-order valence-electron chi connectivity index (χ4n) is 2.16. The predicted octanol–water partition coefficient (Wildman–Crippen LogP) is 1.83. The molecule has 1 aromatic carbocycles. The second-order valence-corrected chi connectivity index (χ2v) is 4.53. The number of carbonyl (C=O) groups is 1. The summed E-state index contributed by atoms with van der Waals surface area (Å²) in [6, 6.07) is 7.43. The van der Waals surface area contributed by atoms with Gasteiger partial charge in [0.15, 0.2) is 0 Å². The molecule has 5 nitrogen and oxygen atoms in total. The van der Waals surface area contributed by atoms with E-state index < -0.39 is 0 Å². The number of hydrogen-bond acceptors (Lipinski definition) is 3. The van der Waals surface area contributed by atoms with Crippen LogP contribution < -0.4 is 10.6 Å². The van der Waals surface area contributed by atoms with E-state index in [1.54, 1.807) is 4.68 Å². The molecule has 1 atom stereocenters. The summed E-state index contributed by atoms with van der Waals surface area (Å²) >= 11 is 0. The summed E-state index contributed by atoms with van der Waals surface area (Å²) in [5, 5.41) is 10.2. The number of benzene rings is 1. The van der Waals surface area contributed by atoms with Gasteiger partial charge in [-0.2, -0.15) is 5.10 Å². The minimum absolute atomic E-state index is 0.0405. The molecule has 1 unspecified atom stereocenters.